The number of hydrogen-bond acceptors (Lipinski definition) is 4. The first kappa shape index (κ1) is 10.5. The number of halogens is 1. The number of hydrogen-bond donors (Lipinski definition) is 1. The highest BCUT2D eigenvalue weighted by Crippen LogP contribution is 2.14. The fraction of sp³-hybridized carbons (Fsp3) is 0.222. The Morgan fingerprint density at radius 3 is 2.93 bits per heavy atom. The van der Waals surface area contributed by atoms with Crippen LogP contribution in [0, 0.1) is 18.3 Å². The molecule has 0 saturated carbocycles. The maximum Gasteiger partial charge on any atom is 0.179 e. The van der Waals surface area contributed by atoms with Gasteiger partial charge in [-0.15, -0.1) is 11.6 Å². The van der Waals surface area contributed by atoms with Gasteiger partial charge in [0.1, 0.15) is 11.9 Å². The number of nitrogens with zero attached hydrogens (tertiary/aromatic N) is 2. The number of rotatable bonds is 2. The van der Waals surface area contributed by atoms with E-state index in [2.05, 4.69) is 4.98 Å². The van der Waals surface area contributed by atoms with Crippen molar-refractivity contribution in [1.29, 1.82) is 5.26 Å². The van der Waals surface area contributed by atoms with Crippen molar-refractivity contribution in [3.63, 3.8) is 0 Å². The Bertz CT molecular complexity index is 423. The Morgan fingerprint density at radius 2 is 2.43 bits per heavy atom. The first-order valence-electron chi connectivity index (χ1n) is 3.86. The van der Waals surface area contributed by atoms with Crippen molar-refractivity contribution in [1.82, 2.24) is 4.98 Å². The van der Waals surface area contributed by atoms with E-state index in [0.29, 0.717) is 11.3 Å². The summed E-state index contributed by atoms with van der Waals surface area (Å²) in [5, 5.41) is 8.67. The quantitative estimate of drug-likeness (QED) is 0.588. The van der Waals surface area contributed by atoms with Gasteiger partial charge in [-0.3, -0.25) is 4.79 Å². The summed E-state index contributed by atoms with van der Waals surface area (Å²) >= 11 is 5.40. The molecule has 0 bridgehead atoms. The lowest BCUT2D eigenvalue weighted by atomic mass is 10.1. The maximum atomic E-state index is 11.3. The van der Waals surface area contributed by atoms with Gasteiger partial charge in [0.2, 0.25) is 0 Å². The number of nitrogens with two attached hydrogens (primary N) is 1. The fourth-order valence-electron chi connectivity index (χ4n) is 1.07. The van der Waals surface area contributed by atoms with Crippen molar-refractivity contribution in [2.45, 2.75) is 6.92 Å². The van der Waals surface area contributed by atoms with Crippen LogP contribution in [-0.2, 0) is 0 Å². The van der Waals surface area contributed by atoms with E-state index >= 15 is 0 Å². The number of anilines is 1. The molecule has 0 fully saturated rings. The van der Waals surface area contributed by atoms with Crippen molar-refractivity contribution >= 4 is 23.2 Å². The monoisotopic (exact) mass is 209 g/mol. The van der Waals surface area contributed by atoms with Crippen molar-refractivity contribution < 1.29 is 4.79 Å². The molecule has 0 aliphatic carbocycles. The summed E-state index contributed by atoms with van der Waals surface area (Å²) in [4.78, 5) is 15.2. The lowest BCUT2D eigenvalue weighted by molar-refractivity contribution is 0.102. The predicted molar refractivity (Wildman–Crippen MR) is 53.2 cm³/mol. The summed E-state index contributed by atoms with van der Waals surface area (Å²) in [7, 11) is 0. The third-order valence-electron chi connectivity index (χ3n) is 1.78. The second-order valence-electron chi connectivity index (χ2n) is 2.72. The number of alkyl halides is 1. The molecule has 0 unspecified atom stereocenters. The highest BCUT2D eigenvalue weighted by Gasteiger charge is 2.12. The van der Waals surface area contributed by atoms with Crippen LogP contribution in [0.4, 0.5) is 5.82 Å². The highest BCUT2D eigenvalue weighted by molar-refractivity contribution is 6.30. The van der Waals surface area contributed by atoms with Gasteiger partial charge in [-0.05, 0) is 13.0 Å². The van der Waals surface area contributed by atoms with E-state index in [-0.39, 0.29) is 23.0 Å². The average molecular weight is 210 g/mol. The van der Waals surface area contributed by atoms with Gasteiger partial charge in [-0.1, -0.05) is 0 Å². The average Bonchev–Trinajstić information content (AvgIpc) is 2.17. The highest BCUT2D eigenvalue weighted by atomic mass is 35.5. The van der Waals surface area contributed by atoms with Crippen molar-refractivity contribution in [2.75, 3.05) is 11.6 Å². The molecule has 2 N–H and O–H groups in total. The molecular formula is C9H8ClN3O. The van der Waals surface area contributed by atoms with Gasteiger partial charge in [0.05, 0.1) is 17.1 Å². The lowest BCUT2D eigenvalue weighted by Crippen LogP contribution is -2.07. The first-order valence-corrected chi connectivity index (χ1v) is 4.40. The van der Waals surface area contributed by atoms with Gasteiger partial charge in [0.15, 0.2) is 5.78 Å². The minimum absolute atomic E-state index is 0.128. The van der Waals surface area contributed by atoms with Crippen molar-refractivity contribution in [2.24, 2.45) is 0 Å². The molecular weight excluding hydrogens is 202 g/mol. The summed E-state index contributed by atoms with van der Waals surface area (Å²) in [6.45, 7) is 1.65. The van der Waals surface area contributed by atoms with Gasteiger partial charge >= 0.3 is 0 Å². The molecule has 0 aromatic carbocycles. The Balaban J connectivity index is 3.33. The van der Waals surface area contributed by atoms with E-state index in [9.17, 15) is 4.79 Å². The van der Waals surface area contributed by atoms with Gasteiger partial charge in [0.25, 0.3) is 0 Å². The van der Waals surface area contributed by atoms with E-state index in [1.54, 1.807) is 6.92 Å². The first-order chi connectivity index (χ1) is 6.60. The summed E-state index contributed by atoms with van der Waals surface area (Å²) in [5.74, 6) is -0.249. The SMILES string of the molecule is Cc1nc(N)c(C#N)cc1C(=O)CCl. The van der Waals surface area contributed by atoms with Crippen LogP contribution in [0.2, 0.25) is 0 Å². The third kappa shape index (κ3) is 1.83. The zero-order valence-corrected chi connectivity index (χ0v) is 8.30. The van der Waals surface area contributed by atoms with Crippen LogP contribution < -0.4 is 5.73 Å². The molecule has 0 aliphatic rings. The Labute approximate surface area is 86.3 Å². The molecule has 0 saturated heterocycles. The molecule has 0 amide bonds. The van der Waals surface area contributed by atoms with Crippen LogP contribution in [0.3, 0.4) is 0 Å². The largest absolute Gasteiger partial charge is 0.383 e. The zero-order valence-electron chi connectivity index (χ0n) is 7.54. The normalized spacial score (nSPS) is 9.50. The van der Waals surface area contributed by atoms with Crippen LogP contribution in [-0.4, -0.2) is 16.6 Å². The van der Waals surface area contributed by atoms with Crippen LogP contribution in [0.15, 0.2) is 6.07 Å². The van der Waals surface area contributed by atoms with Crippen LogP contribution in [0.25, 0.3) is 0 Å². The summed E-state index contributed by atoms with van der Waals surface area (Å²) in [6, 6.07) is 3.28. The summed E-state index contributed by atoms with van der Waals surface area (Å²) < 4.78 is 0. The van der Waals surface area contributed by atoms with E-state index in [1.807, 2.05) is 6.07 Å². The summed E-state index contributed by atoms with van der Waals surface area (Å²) in [5.41, 5.74) is 6.51. The summed E-state index contributed by atoms with van der Waals surface area (Å²) in [6.07, 6.45) is 0. The second-order valence-corrected chi connectivity index (χ2v) is 2.99. The number of carbonyl (C=O) groups is 1. The molecule has 1 rings (SSSR count). The van der Waals surface area contributed by atoms with Crippen molar-refractivity contribution in [3.05, 3.63) is 22.9 Å². The molecule has 1 aromatic heterocycles. The number of ketones is 1. The molecule has 0 atom stereocenters. The Hall–Kier alpha value is -1.60. The van der Waals surface area contributed by atoms with Gasteiger partial charge in [-0.2, -0.15) is 5.26 Å². The van der Waals surface area contributed by atoms with Crippen molar-refractivity contribution in [3.8, 4) is 6.07 Å². The number of Topliss-reactive ketones (excluding diaryl/α,β-unsaturated/α-hetero) is 1. The maximum absolute atomic E-state index is 11.3. The molecule has 5 heteroatoms. The molecule has 1 heterocycles. The standard InChI is InChI=1S/C9H8ClN3O/c1-5-7(8(14)3-10)2-6(4-11)9(12)13-5/h2H,3H2,1H3,(H2,12,13). The van der Waals surface area contributed by atoms with E-state index in [1.165, 1.54) is 6.07 Å². The zero-order chi connectivity index (χ0) is 10.7. The number of pyridine rings is 1. The molecule has 14 heavy (non-hydrogen) atoms. The number of nitriles is 1. The van der Waals surface area contributed by atoms with Gasteiger partial charge in [-0.25, -0.2) is 4.98 Å². The molecule has 0 aliphatic heterocycles. The topological polar surface area (TPSA) is 79.8 Å². The smallest absolute Gasteiger partial charge is 0.179 e. The third-order valence-corrected chi connectivity index (χ3v) is 2.03. The second kappa shape index (κ2) is 4.07. The molecule has 1 aromatic rings. The molecule has 4 nitrogen and oxygen atoms in total. The number of aryl methyl sites for hydroxylation is 1. The van der Waals surface area contributed by atoms with E-state index in [0.717, 1.165) is 0 Å². The number of nitrogen functional groups attached to an aromatic ring is 1. The van der Waals surface area contributed by atoms with E-state index < -0.39 is 0 Å². The van der Waals surface area contributed by atoms with Gasteiger partial charge in [0, 0.05) is 5.56 Å². The Morgan fingerprint density at radius 1 is 1.79 bits per heavy atom. The minimum Gasteiger partial charge on any atom is -0.383 e. The van der Waals surface area contributed by atoms with Crippen LogP contribution in [0.1, 0.15) is 21.6 Å². The number of aromatic nitrogens is 1. The molecule has 0 radical (unpaired) electrons. The number of carbonyl (C=O) groups excluding carboxylic acids is 1. The lowest BCUT2D eigenvalue weighted by Gasteiger charge is -2.04. The van der Waals surface area contributed by atoms with E-state index in [4.69, 9.17) is 22.6 Å². The van der Waals surface area contributed by atoms with Crippen LogP contribution in [0.5, 0.6) is 0 Å². The fourth-order valence-corrected chi connectivity index (χ4v) is 1.21. The minimum atomic E-state index is -0.256. The molecule has 0 spiro atoms. The van der Waals surface area contributed by atoms with Crippen LogP contribution >= 0.6 is 11.6 Å². The Kier molecular flexibility index (Phi) is 3.05. The molecule has 72 valence electrons. The predicted octanol–water partition coefficient (Wildman–Crippen LogP) is 1.27. The van der Waals surface area contributed by atoms with Gasteiger partial charge < -0.3 is 5.73 Å².